The lowest BCUT2D eigenvalue weighted by atomic mass is 10.1. The molecule has 0 aromatic heterocycles. The van der Waals surface area contributed by atoms with Gasteiger partial charge in [-0.2, -0.15) is 0 Å². The summed E-state index contributed by atoms with van der Waals surface area (Å²) >= 11 is 0. The van der Waals surface area contributed by atoms with E-state index < -0.39 is 0 Å². The summed E-state index contributed by atoms with van der Waals surface area (Å²) in [4.78, 5) is 0. The van der Waals surface area contributed by atoms with Crippen molar-refractivity contribution in [3.63, 3.8) is 0 Å². The van der Waals surface area contributed by atoms with Crippen molar-refractivity contribution < 1.29 is 0 Å². The Kier molecular flexibility index (Phi) is 4.89. The second-order valence-electron chi connectivity index (χ2n) is 6.03. The van der Waals surface area contributed by atoms with Gasteiger partial charge in [0, 0.05) is 27.9 Å². The average molecular weight is 321 g/mol. The van der Waals surface area contributed by atoms with Crippen LogP contribution in [0.5, 0.6) is 0 Å². The molecule has 0 unspecified atom stereocenters. The molecule has 2 N–H and O–H groups in total. The minimum atomic E-state index is 0.648. The lowest BCUT2D eigenvalue weighted by molar-refractivity contribution is 1.46. The highest BCUT2D eigenvalue weighted by Crippen LogP contribution is 2.13. The van der Waals surface area contributed by atoms with Gasteiger partial charge < -0.3 is 5.73 Å². The molecule has 3 aromatic carbocycles. The molecule has 0 spiro atoms. The second-order valence-corrected chi connectivity index (χ2v) is 6.03. The summed E-state index contributed by atoms with van der Waals surface area (Å²) in [6.45, 7) is 4.12. The van der Waals surface area contributed by atoms with E-state index in [1.807, 2.05) is 42.5 Å². The number of nitrogens with two attached hydrogens (primary N) is 1. The van der Waals surface area contributed by atoms with Crippen LogP contribution in [0.1, 0.15) is 33.4 Å². The van der Waals surface area contributed by atoms with Crippen LogP contribution in [0.15, 0.2) is 66.7 Å². The van der Waals surface area contributed by atoms with Gasteiger partial charge in [0.15, 0.2) is 0 Å². The van der Waals surface area contributed by atoms with E-state index in [9.17, 15) is 0 Å². The smallest absolute Gasteiger partial charge is 0.0485 e. The highest BCUT2D eigenvalue weighted by Gasteiger charge is 1.97. The third-order valence-corrected chi connectivity index (χ3v) is 3.85. The van der Waals surface area contributed by atoms with E-state index in [2.05, 4.69) is 61.8 Å². The number of hydrogen-bond acceptors (Lipinski definition) is 1. The highest BCUT2D eigenvalue weighted by atomic mass is 14.6. The zero-order chi connectivity index (χ0) is 17.6. The van der Waals surface area contributed by atoms with E-state index >= 15 is 0 Å². The first-order valence-electron chi connectivity index (χ1n) is 8.17. The Morgan fingerprint density at radius 1 is 0.560 bits per heavy atom. The molecule has 25 heavy (non-hydrogen) atoms. The molecule has 3 rings (SSSR count). The number of anilines is 1. The third kappa shape index (κ3) is 4.54. The monoisotopic (exact) mass is 321 g/mol. The Morgan fingerprint density at radius 3 is 1.52 bits per heavy atom. The SMILES string of the molecule is Cc1ccc(C#Cc2ccc(C#Cc3ccc(C)cc3)c(N)c2)cc1. The Morgan fingerprint density at radius 2 is 1.00 bits per heavy atom. The molecule has 120 valence electrons. The van der Waals surface area contributed by atoms with Crippen molar-refractivity contribution in [2.75, 3.05) is 5.73 Å². The summed E-state index contributed by atoms with van der Waals surface area (Å²) in [6, 6.07) is 22.0. The highest BCUT2D eigenvalue weighted by molar-refractivity contribution is 5.61. The molecule has 3 aromatic rings. The fourth-order valence-electron chi connectivity index (χ4n) is 2.31. The van der Waals surface area contributed by atoms with Crippen LogP contribution in [0.4, 0.5) is 5.69 Å². The van der Waals surface area contributed by atoms with Crippen molar-refractivity contribution in [3.8, 4) is 23.7 Å². The van der Waals surface area contributed by atoms with Crippen molar-refractivity contribution in [1.29, 1.82) is 0 Å². The average Bonchev–Trinajstić information content (AvgIpc) is 2.62. The molecule has 1 heteroatoms. The van der Waals surface area contributed by atoms with E-state index in [4.69, 9.17) is 5.73 Å². The molecule has 0 saturated heterocycles. The molecule has 0 aliphatic heterocycles. The summed E-state index contributed by atoms with van der Waals surface area (Å²) in [7, 11) is 0. The van der Waals surface area contributed by atoms with Crippen molar-refractivity contribution >= 4 is 5.69 Å². The summed E-state index contributed by atoms with van der Waals surface area (Å²) in [5.74, 6) is 12.6. The van der Waals surface area contributed by atoms with Crippen LogP contribution in [0.3, 0.4) is 0 Å². The van der Waals surface area contributed by atoms with E-state index in [0.29, 0.717) is 5.69 Å². The second kappa shape index (κ2) is 7.43. The first kappa shape index (κ1) is 16.4. The topological polar surface area (TPSA) is 26.0 Å². The molecule has 0 saturated carbocycles. The predicted octanol–water partition coefficient (Wildman–Crippen LogP) is 4.69. The fourth-order valence-corrected chi connectivity index (χ4v) is 2.31. The molecule has 0 fully saturated rings. The number of aryl methyl sites for hydroxylation is 2. The Hall–Kier alpha value is -3.42. The molecular weight excluding hydrogens is 302 g/mol. The van der Waals surface area contributed by atoms with Crippen LogP contribution in [-0.4, -0.2) is 0 Å². The molecule has 0 amide bonds. The van der Waals surface area contributed by atoms with Crippen LogP contribution in [0.2, 0.25) is 0 Å². The van der Waals surface area contributed by atoms with Crippen molar-refractivity contribution in [3.05, 3.63) is 100 Å². The minimum Gasteiger partial charge on any atom is -0.398 e. The normalized spacial score (nSPS) is 9.52. The quantitative estimate of drug-likeness (QED) is 0.472. The minimum absolute atomic E-state index is 0.648. The molecule has 1 nitrogen and oxygen atoms in total. The van der Waals surface area contributed by atoms with E-state index in [1.165, 1.54) is 11.1 Å². The Balaban J connectivity index is 1.80. The van der Waals surface area contributed by atoms with Crippen LogP contribution >= 0.6 is 0 Å². The molecule has 0 aliphatic rings. The van der Waals surface area contributed by atoms with Gasteiger partial charge in [0.1, 0.15) is 0 Å². The Labute approximate surface area is 149 Å². The lowest BCUT2D eigenvalue weighted by Gasteiger charge is -1.99. The maximum Gasteiger partial charge on any atom is 0.0485 e. The largest absolute Gasteiger partial charge is 0.398 e. The first-order valence-corrected chi connectivity index (χ1v) is 8.17. The van der Waals surface area contributed by atoms with Gasteiger partial charge in [-0.1, -0.05) is 59.1 Å². The zero-order valence-corrected chi connectivity index (χ0v) is 14.4. The van der Waals surface area contributed by atoms with Gasteiger partial charge in [0.2, 0.25) is 0 Å². The Bertz CT molecular complexity index is 1000. The summed E-state index contributed by atoms with van der Waals surface area (Å²) in [5.41, 5.74) is 12.9. The third-order valence-electron chi connectivity index (χ3n) is 3.85. The maximum atomic E-state index is 6.13. The first-order chi connectivity index (χ1) is 12.1. The van der Waals surface area contributed by atoms with Gasteiger partial charge in [0.05, 0.1) is 0 Å². The number of rotatable bonds is 0. The fraction of sp³-hybridized carbons (Fsp3) is 0.0833. The van der Waals surface area contributed by atoms with Gasteiger partial charge in [-0.15, -0.1) is 0 Å². The lowest BCUT2D eigenvalue weighted by Crippen LogP contribution is -1.91. The predicted molar refractivity (Wildman–Crippen MR) is 105 cm³/mol. The zero-order valence-electron chi connectivity index (χ0n) is 14.4. The van der Waals surface area contributed by atoms with E-state index in [-0.39, 0.29) is 0 Å². The number of hydrogen-bond donors (Lipinski definition) is 1. The van der Waals surface area contributed by atoms with Gasteiger partial charge in [-0.05, 0) is 56.3 Å². The summed E-state index contributed by atoms with van der Waals surface area (Å²) in [5, 5.41) is 0. The molecule has 0 bridgehead atoms. The van der Waals surface area contributed by atoms with Crippen LogP contribution < -0.4 is 5.73 Å². The van der Waals surface area contributed by atoms with Crippen molar-refractivity contribution in [2.24, 2.45) is 0 Å². The van der Waals surface area contributed by atoms with Crippen LogP contribution in [0.25, 0.3) is 0 Å². The molecular formula is C24H19N. The molecule has 0 radical (unpaired) electrons. The summed E-state index contributed by atoms with van der Waals surface area (Å²) in [6.07, 6.45) is 0. The summed E-state index contributed by atoms with van der Waals surface area (Å²) < 4.78 is 0. The van der Waals surface area contributed by atoms with E-state index in [0.717, 1.165) is 22.3 Å². The van der Waals surface area contributed by atoms with Crippen molar-refractivity contribution in [1.82, 2.24) is 0 Å². The van der Waals surface area contributed by atoms with Crippen molar-refractivity contribution in [2.45, 2.75) is 13.8 Å². The molecule has 0 heterocycles. The van der Waals surface area contributed by atoms with Gasteiger partial charge in [0.25, 0.3) is 0 Å². The van der Waals surface area contributed by atoms with Crippen LogP contribution in [-0.2, 0) is 0 Å². The molecule has 0 atom stereocenters. The molecule has 0 aliphatic carbocycles. The number of nitrogen functional groups attached to an aromatic ring is 1. The van der Waals surface area contributed by atoms with Gasteiger partial charge >= 0.3 is 0 Å². The van der Waals surface area contributed by atoms with Crippen LogP contribution in [0, 0.1) is 37.5 Å². The van der Waals surface area contributed by atoms with Gasteiger partial charge in [-0.25, -0.2) is 0 Å². The maximum absolute atomic E-state index is 6.13. The standard InChI is InChI=1S/C24H19N/c1-18-3-7-20(8-4-18)11-12-22-14-16-23(24(25)17-22)15-13-21-9-5-19(2)6-10-21/h3-10,14,16-17H,25H2,1-2H3. The van der Waals surface area contributed by atoms with Gasteiger partial charge in [-0.3, -0.25) is 0 Å². The number of benzene rings is 3. The van der Waals surface area contributed by atoms with E-state index in [1.54, 1.807) is 0 Å².